The normalized spacial score (nSPS) is 17.6. The highest BCUT2D eigenvalue weighted by Crippen LogP contribution is 2.16. The molecule has 0 aliphatic carbocycles. The van der Waals surface area contributed by atoms with Crippen molar-refractivity contribution in [2.45, 2.75) is 25.4 Å². The summed E-state index contributed by atoms with van der Waals surface area (Å²) in [5.74, 6) is -0.881. The van der Waals surface area contributed by atoms with Crippen LogP contribution in [0.1, 0.15) is 18.4 Å². The quantitative estimate of drug-likeness (QED) is 0.862. The highest BCUT2D eigenvalue weighted by Gasteiger charge is 2.25. The Morgan fingerprint density at radius 1 is 1.17 bits per heavy atom. The molecular weight excluding hydrogens is 316 g/mol. The Morgan fingerprint density at radius 3 is 2.58 bits per heavy atom. The van der Waals surface area contributed by atoms with Crippen LogP contribution in [-0.2, 0) is 11.2 Å². The lowest BCUT2D eigenvalue weighted by Crippen LogP contribution is -2.45. The maximum Gasteiger partial charge on any atom is 0.316 e. The Hall–Kier alpha value is -2.57. The van der Waals surface area contributed by atoms with Crippen molar-refractivity contribution in [3.8, 4) is 6.01 Å². The number of carbonyl (C=O) groups is 1. The fourth-order valence-corrected chi connectivity index (χ4v) is 2.66. The first-order valence-corrected chi connectivity index (χ1v) is 7.76. The number of rotatable bonds is 4. The van der Waals surface area contributed by atoms with E-state index in [1.54, 1.807) is 17.0 Å². The first-order valence-electron chi connectivity index (χ1n) is 7.76. The van der Waals surface area contributed by atoms with Gasteiger partial charge in [-0.05, 0) is 30.5 Å². The van der Waals surface area contributed by atoms with Gasteiger partial charge in [0.1, 0.15) is 11.9 Å². The third-order valence-corrected chi connectivity index (χ3v) is 3.87. The van der Waals surface area contributed by atoms with Crippen LogP contribution in [0.25, 0.3) is 0 Å². The third kappa shape index (κ3) is 4.24. The lowest BCUT2D eigenvalue weighted by atomic mass is 10.1. The van der Waals surface area contributed by atoms with E-state index in [0.29, 0.717) is 13.1 Å². The van der Waals surface area contributed by atoms with Crippen LogP contribution < -0.4 is 4.74 Å². The minimum Gasteiger partial charge on any atom is -0.458 e. The van der Waals surface area contributed by atoms with E-state index >= 15 is 0 Å². The Labute approximate surface area is 138 Å². The molecule has 2 aromatic rings. The molecule has 1 amide bonds. The van der Waals surface area contributed by atoms with Crippen molar-refractivity contribution in [1.29, 1.82) is 0 Å². The molecule has 0 radical (unpaired) electrons. The first kappa shape index (κ1) is 16.3. The van der Waals surface area contributed by atoms with E-state index in [0.717, 1.165) is 30.8 Å². The number of benzene rings is 1. The molecular formula is C17H17F2N3O2. The van der Waals surface area contributed by atoms with E-state index in [2.05, 4.69) is 9.97 Å². The number of piperidine rings is 1. The minimum absolute atomic E-state index is 0.0325. The molecule has 0 bridgehead atoms. The molecule has 1 saturated heterocycles. The van der Waals surface area contributed by atoms with Gasteiger partial charge >= 0.3 is 6.01 Å². The molecule has 1 aromatic carbocycles. The third-order valence-electron chi connectivity index (χ3n) is 3.87. The highest BCUT2D eigenvalue weighted by molar-refractivity contribution is 5.78. The van der Waals surface area contributed by atoms with Gasteiger partial charge < -0.3 is 9.64 Å². The van der Waals surface area contributed by atoms with Crippen molar-refractivity contribution in [1.82, 2.24) is 14.9 Å². The monoisotopic (exact) mass is 333 g/mol. The topological polar surface area (TPSA) is 55.3 Å². The molecule has 3 rings (SSSR count). The zero-order valence-corrected chi connectivity index (χ0v) is 13.0. The smallest absolute Gasteiger partial charge is 0.316 e. The van der Waals surface area contributed by atoms with Crippen molar-refractivity contribution in [3.63, 3.8) is 0 Å². The van der Waals surface area contributed by atoms with Crippen LogP contribution in [-0.4, -0.2) is 40.0 Å². The molecule has 24 heavy (non-hydrogen) atoms. The van der Waals surface area contributed by atoms with E-state index in [4.69, 9.17) is 4.74 Å². The summed E-state index contributed by atoms with van der Waals surface area (Å²) in [7, 11) is 0. The fraction of sp³-hybridized carbons (Fsp3) is 0.353. The summed E-state index contributed by atoms with van der Waals surface area (Å²) in [6, 6.07) is 6.01. The van der Waals surface area contributed by atoms with Crippen molar-refractivity contribution < 1.29 is 18.3 Å². The molecule has 1 aliphatic heterocycles. The first-order chi connectivity index (χ1) is 11.6. The number of nitrogens with zero attached hydrogens (tertiary/aromatic N) is 3. The second-order valence-electron chi connectivity index (χ2n) is 5.71. The molecule has 1 unspecified atom stereocenters. The summed E-state index contributed by atoms with van der Waals surface area (Å²) >= 11 is 0. The van der Waals surface area contributed by atoms with Gasteiger partial charge in [0.2, 0.25) is 5.91 Å². The number of hydrogen-bond acceptors (Lipinski definition) is 4. The molecule has 1 fully saturated rings. The molecule has 0 saturated carbocycles. The summed E-state index contributed by atoms with van der Waals surface area (Å²) in [6.45, 7) is 1.09. The predicted molar refractivity (Wildman–Crippen MR) is 82.3 cm³/mol. The number of likely N-dealkylation sites (tertiary alicyclic amines) is 1. The van der Waals surface area contributed by atoms with Crippen LogP contribution in [0.15, 0.2) is 36.7 Å². The largest absolute Gasteiger partial charge is 0.458 e. The fourth-order valence-electron chi connectivity index (χ4n) is 2.66. The molecule has 1 atom stereocenters. The summed E-state index contributed by atoms with van der Waals surface area (Å²) in [5.41, 5.74) is 0.770. The molecule has 0 N–H and O–H groups in total. The average molecular weight is 333 g/mol. The molecule has 1 aliphatic rings. The van der Waals surface area contributed by atoms with Crippen LogP contribution in [0.4, 0.5) is 8.78 Å². The van der Waals surface area contributed by atoms with Gasteiger partial charge in [0.25, 0.3) is 0 Å². The number of ether oxygens (including phenoxy) is 1. The Bertz CT molecular complexity index is 692. The summed E-state index contributed by atoms with van der Waals surface area (Å²) in [4.78, 5) is 21.7. The van der Waals surface area contributed by atoms with Gasteiger partial charge in [-0.25, -0.2) is 18.7 Å². The van der Waals surface area contributed by atoms with Crippen molar-refractivity contribution >= 4 is 5.91 Å². The zero-order chi connectivity index (χ0) is 16.9. The molecule has 126 valence electrons. The average Bonchev–Trinajstić information content (AvgIpc) is 2.59. The van der Waals surface area contributed by atoms with Gasteiger partial charge in [-0.1, -0.05) is 12.1 Å². The maximum atomic E-state index is 12.9. The molecule has 7 heteroatoms. The second kappa shape index (κ2) is 7.33. The number of carbonyl (C=O) groups excluding carboxylic acids is 1. The zero-order valence-electron chi connectivity index (χ0n) is 13.0. The van der Waals surface area contributed by atoms with Crippen LogP contribution in [0, 0.1) is 11.6 Å². The molecule has 0 spiro atoms. The van der Waals surface area contributed by atoms with Crippen LogP contribution in [0.3, 0.4) is 0 Å². The van der Waals surface area contributed by atoms with Gasteiger partial charge in [0.15, 0.2) is 5.82 Å². The highest BCUT2D eigenvalue weighted by atomic mass is 19.1. The number of halogens is 2. The predicted octanol–water partition coefficient (Wildman–Crippen LogP) is 2.37. The lowest BCUT2D eigenvalue weighted by Gasteiger charge is -2.32. The van der Waals surface area contributed by atoms with E-state index in [9.17, 15) is 13.6 Å². The molecule has 1 aromatic heterocycles. The van der Waals surface area contributed by atoms with Gasteiger partial charge in [-0.3, -0.25) is 4.79 Å². The summed E-state index contributed by atoms with van der Waals surface area (Å²) in [6.07, 6.45) is 3.68. The standard InChI is InChI=1S/C17H17F2N3O2/c18-13-5-3-12(4-6-13)8-16(23)22-7-1-2-15(11-22)24-17-20-9-14(19)10-21-17/h3-6,9-10,15H,1-2,7-8,11H2. The number of amides is 1. The van der Waals surface area contributed by atoms with E-state index in [-0.39, 0.29) is 30.3 Å². The lowest BCUT2D eigenvalue weighted by molar-refractivity contribution is -0.133. The van der Waals surface area contributed by atoms with Crippen LogP contribution >= 0.6 is 0 Å². The maximum absolute atomic E-state index is 12.9. The summed E-state index contributed by atoms with van der Waals surface area (Å²) in [5, 5.41) is 0. The van der Waals surface area contributed by atoms with Crippen LogP contribution in [0.2, 0.25) is 0 Å². The Morgan fingerprint density at radius 2 is 1.88 bits per heavy atom. The minimum atomic E-state index is -0.526. The Kier molecular flexibility index (Phi) is 4.98. The van der Waals surface area contributed by atoms with Gasteiger partial charge in [-0.15, -0.1) is 0 Å². The SMILES string of the molecule is O=C(Cc1ccc(F)cc1)N1CCCC(Oc2ncc(F)cn2)C1. The van der Waals surface area contributed by atoms with E-state index < -0.39 is 5.82 Å². The Balaban J connectivity index is 1.57. The number of hydrogen-bond donors (Lipinski definition) is 0. The second-order valence-corrected chi connectivity index (χ2v) is 5.71. The number of aromatic nitrogens is 2. The molecule has 2 heterocycles. The van der Waals surface area contributed by atoms with E-state index in [1.807, 2.05) is 0 Å². The summed E-state index contributed by atoms with van der Waals surface area (Å²) < 4.78 is 31.3. The molecule has 5 nitrogen and oxygen atoms in total. The van der Waals surface area contributed by atoms with Gasteiger partial charge in [0, 0.05) is 6.54 Å². The van der Waals surface area contributed by atoms with Crippen molar-refractivity contribution in [2.75, 3.05) is 13.1 Å². The van der Waals surface area contributed by atoms with Gasteiger partial charge in [0.05, 0.1) is 25.4 Å². The van der Waals surface area contributed by atoms with E-state index in [1.165, 1.54) is 12.1 Å². The van der Waals surface area contributed by atoms with Crippen LogP contribution in [0.5, 0.6) is 6.01 Å². The van der Waals surface area contributed by atoms with Crippen molar-refractivity contribution in [3.05, 3.63) is 53.9 Å². The van der Waals surface area contributed by atoms with Crippen molar-refractivity contribution in [2.24, 2.45) is 0 Å². The van der Waals surface area contributed by atoms with Gasteiger partial charge in [-0.2, -0.15) is 0 Å².